The summed E-state index contributed by atoms with van der Waals surface area (Å²) in [5.41, 5.74) is 3.01. The Morgan fingerprint density at radius 3 is 2.43 bits per heavy atom. The van der Waals surface area contributed by atoms with Crippen LogP contribution in [-0.4, -0.2) is 35.0 Å². The molecule has 0 unspecified atom stereocenters. The van der Waals surface area contributed by atoms with Crippen LogP contribution in [0.15, 0.2) is 47.6 Å². The Balaban J connectivity index is 1.76. The highest BCUT2D eigenvalue weighted by Gasteiger charge is 2.13. The van der Waals surface area contributed by atoms with Crippen LogP contribution in [0.3, 0.4) is 0 Å². The van der Waals surface area contributed by atoms with Gasteiger partial charge < -0.3 is 14.2 Å². The summed E-state index contributed by atoms with van der Waals surface area (Å²) < 4.78 is 20.8. The second-order valence-corrected chi connectivity index (χ2v) is 7.27. The van der Waals surface area contributed by atoms with Crippen LogP contribution >= 0.6 is 11.8 Å². The largest absolute Gasteiger partial charge is 0.496 e. The van der Waals surface area contributed by atoms with Crippen molar-refractivity contribution in [2.45, 2.75) is 24.8 Å². The Bertz CT molecular complexity index is 923. The van der Waals surface area contributed by atoms with E-state index in [0.717, 1.165) is 35.2 Å². The molecule has 148 valence electrons. The van der Waals surface area contributed by atoms with Crippen molar-refractivity contribution in [3.8, 4) is 17.1 Å². The lowest BCUT2D eigenvalue weighted by molar-refractivity contribution is 0.410. The Hall–Kier alpha value is -2.54. The van der Waals surface area contributed by atoms with E-state index in [1.54, 1.807) is 13.2 Å². The molecule has 0 aliphatic carbocycles. The molecule has 1 aromatic heterocycles. The highest BCUT2D eigenvalue weighted by molar-refractivity contribution is 7.98. The topological polar surface area (TPSA) is 43.2 Å². The number of hydrogen-bond donors (Lipinski definition) is 0. The number of methoxy groups -OCH3 is 1. The zero-order valence-electron chi connectivity index (χ0n) is 16.6. The number of thioether (sulfide) groups is 1. The Morgan fingerprint density at radius 1 is 1.07 bits per heavy atom. The normalized spacial score (nSPS) is 10.9. The van der Waals surface area contributed by atoms with Gasteiger partial charge in [0.25, 0.3) is 0 Å². The maximum absolute atomic E-state index is 13.6. The van der Waals surface area contributed by atoms with Crippen LogP contribution < -0.4 is 9.64 Å². The predicted molar refractivity (Wildman–Crippen MR) is 113 cm³/mol. The number of anilines is 1. The van der Waals surface area contributed by atoms with Gasteiger partial charge in [0.1, 0.15) is 11.6 Å². The summed E-state index contributed by atoms with van der Waals surface area (Å²) >= 11 is 1.50. The predicted octanol–water partition coefficient (Wildman–Crippen LogP) is 4.77. The number of aromatic nitrogens is 3. The molecule has 0 aliphatic rings. The van der Waals surface area contributed by atoms with Crippen LogP contribution in [0.2, 0.25) is 0 Å². The minimum absolute atomic E-state index is 0.275. The number of rotatable bonds is 8. The molecule has 0 spiro atoms. The zero-order chi connectivity index (χ0) is 20.1. The molecule has 0 saturated heterocycles. The minimum Gasteiger partial charge on any atom is -0.496 e. The van der Waals surface area contributed by atoms with Crippen LogP contribution in [-0.2, 0) is 12.8 Å². The van der Waals surface area contributed by atoms with Crippen LogP contribution in [0.5, 0.6) is 5.75 Å². The van der Waals surface area contributed by atoms with Crippen molar-refractivity contribution >= 4 is 17.4 Å². The molecule has 0 atom stereocenters. The number of hydrogen-bond acceptors (Lipinski definition) is 5. The highest BCUT2D eigenvalue weighted by atomic mass is 32.2. The molecule has 3 aromatic rings. The van der Waals surface area contributed by atoms with Crippen molar-refractivity contribution < 1.29 is 9.13 Å². The number of benzene rings is 2. The van der Waals surface area contributed by atoms with E-state index in [-0.39, 0.29) is 5.82 Å². The van der Waals surface area contributed by atoms with Gasteiger partial charge in [0.2, 0.25) is 0 Å². The minimum atomic E-state index is -0.275. The van der Waals surface area contributed by atoms with Gasteiger partial charge in [0.05, 0.1) is 7.11 Å². The van der Waals surface area contributed by atoms with E-state index in [2.05, 4.69) is 53.2 Å². The Kier molecular flexibility index (Phi) is 6.57. The quantitative estimate of drug-likeness (QED) is 0.510. The molecule has 0 N–H and O–H groups in total. The maximum atomic E-state index is 13.6. The zero-order valence-corrected chi connectivity index (χ0v) is 17.5. The van der Waals surface area contributed by atoms with Gasteiger partial charge in [-0.05, 0) is 56.3 Å². The van der Waals surface area contributed by atoms with E-state index in [0.29, 0.717) is 11.5 Å². The van der Waals surface area contributed by atoms with Gasteiger partial charge in [-0.25, -0.2) is 4.39 Å². The second-order valence-electron chi connectivity index (χ2n) is 6.33. The van der Waals surface area contributed by atoms with E-state index in [4.69, 9.17) is 4.74 Å². The maximum Gasteiger partial charge on any atom is 0.191 e. The van der Waals surface area contributed by atoms with E-state index in [9.17, 15) is 4.39 Å². The first-order chi connectivity index (χ1) is 13.6. The van der Waals surface area contributed by atoms with Crippen molar-refractivity contribution in [1.29, 1.82) is 0 Å². The molecule has 0 bridgehead atoms. The second kappa shape index (κ2) is 9.10. The Labute approximate surface area is 169 Å². The van der Waals surface area contributed by atoms with Gasteiger partial charge in [-0.2, -0.15) is 0 Å². The monoisotopic (exact) mass is 400 g/mol. The lowest BCUT2D eigenvalue weighted by Gasteiger charge is -2.21. The molecule has 3 rings (SSSR count). The molecule has 5 nitrogen and oxygen atoms in total. The summed E-state index contributed by atoms with van der Waals surface area (Å²) in [6, 6.07) is 12.9. The fourth-order valence-corrected chi connectivity index (χ4v) is 3.99. The van der Waals surface area contributed by atoms with Gasteiger partial charge in [-0.15, -0.1) is 10.2 Å². The van der Waals surface area contributed by atoms with Crippen LogP contribution in [0.4, 0.5) is 10.1 Å². The number of ether oxygens (including phenoxy) is 1. The number of halogens is 1. The summed E-state index contributed by atoms with van der Waals surface area (Å²) in [5.74, 6) is 1.75. The van der Waals surface area contributed by atoms with E-state index in [1.165, 1.54) is 29.6 Å². The number of nitrogens with zero attached hydrogens (tertiary/aromatic N) is 4. The fourth-order valence-electron chi connectivity index (χ4n) is 3.10. The lowest BCUT2D eigenvalue weighted by atomic mass is 10.2. The fraction of sp³-hybridized carbons (Fsp3) is 0.333. The molecule has 2 aromatic carbocycles. The van der Waals surface area contributed by atoms with E-state index >= 15 is 0 Å². The van der Waals surface area contributed by atoms with Crippen LogP contribution in [0.1, 0.15) is 19.4 Å². The average molecular weight is 401 g/mol. The third kappa shape index (κ3) is 4.30. The first-order valence-electron chi connectivity index (χ1n) is 9.27. The third-order valence-corrected chi connectivity index (χ3v) is 5.76. The van der Waals surface area contributed by atoms with Gasteiger partial charge in [-0.1, -0.05) is 11.8 Å². The van der Waals surface area contributed by atoms with Gasteiger partial charge in [-0.3, -0.25) is 0 Å². The standard InChI is InChI=1S/C21H25FN4OS/c1-5-26(6-2)18-10-7-15(8-11-18)20-23-24-21(25(20)3)28-14-16-13-17(22)9-12-19(16)27-4/h7-13H,5-6,14H2,1-4H3. The SMILES string of the molecule is CCN(CC)c1ccc(-c2nnc(SCc3cc(F)ccc3OC)n2C)cc1. The van der Waals surface area contributed by atoms with Crippen molar-refractivity contribution in [2.75, 3.05) is 25.1 Å². The molecule has 1 heterocycles. The molecule has 7 heteroatoms. The summed E-state index contributed by atoms with van der Waals surface area (Å²) in [6.07, 6.45) is 0. The molecule has 28 heavy (non-hydrogen) atoms. The lowest BCUT2D eigenvalue weighted by Crippen LogP contribution is -2.21. The van der Waals surface area contributed by atoms with Crippen molar-refractivity contribution in [3.63, 3.8) is 0 Å². The smallest absolute Gasteiger partial charge is 0.191 e. The third-order valence-electron chi connectivity index (χ3n) is 4.69. The highest BCUT2D eigenvalue weighted by Crippen LogP contribution is 2.30. The summed E-state index contributed by atoms with van der Waals surface area (Å²) in [7, 11) is 3.53. The van der Waals surface area contributed by atoms with Gasteiger partial charge in [0, 0.05) is 42.7 Å². The molecular weight excluding hydrogens is 375 g/mol. The van der Waals surface area contributed by atoms with Crippen molar-refractivity contribution in [3.05, 3.63) is 53.8 Å². The Morgan fingerprint density at radius 2 is 1.79 bits per heavy atom. The van der Waals surface area contributed by atoms with Crippen LogP contribution in [0.25, 0.3) is 11.4 Å². The molecule has 0 saturated carbocycles. The van der Waals surface area contributed by atoms with E-state index < -0.39 is 0 Å². The van der Waals surface area contributed by atoms with Gasteiger partial charge in [0.15, 0.2) is 11.0 Å². The summed E-state index contributed by atoms with van der Waals surface area (Å²) in [6.45, 7) is 6.25. The molecule has 0 radical (unpaired) electrons. The van der Waals surface area contributed by atoms with Crippen molar-refractivity contribution in [1.82, 2.24) is 14.8 Å². The average Bonchev–Trinajstić information content (AvgIpc) is 3.08. The van der Waals surface area contributed by atoms with Crippen molar-refractivity contribution in [2.24, 2.45) is 7.05 Å². The van der Waals surface area contributed by atoms with Crippen LogP contribution in [0, 0.1) is 5.82 Å². The first-order valence-corrected chi connectivity index (χ1v) is 10.3. The summed E-state index contributed by atoms with van der Waals surface area (Å²) in [4.78, 5) is 2.30. The molecular formula is C21H25FN4OS. The van der Waals surface area contributed by atoms with Gasteiger partial charge >= 0.3 is 0 Å². The molecule has 0 amide bonds. The molecule has 0 aliphatic heterocycles. The summed E-state index contributed by atoms with van der Waals surface area (Å²) in [5, 5.41) is 9.42. The molecule has 0 fully saturated rings. The first kappa shape index (κ1) is 20.2. The van der Waals surface area contributed by atoms with E-state index in [1.807, 2.05) is 11.6 Å².